The van der Waals surface area contributed by atoms with Crippen molar-refractivity contribution in [2.75, 3.05) is 43.4 Å². The average molecular weight is 788 g/mol. The molecule has 2 aromatic carbocycles. The number of carbonyl (C=O) groups is 6. The number of carbonyl (C=O) groups excluding carboxylic acids is 6. The van der Waals surface area contributed by atoms with Crippen LogP contribution in [0.2, 0.25) is 0 Å². The van der Waals surface area contributed by atoms with Gasteiger partial charge in [-0.25, -0.2) is 14.4 Å². The van der Waals surface area contributed by atoms with Gasteiger partial charge in [0.25, 0.3) is 17.7 Å². The molecule has 18 heteroatoms. The molecule has 4 N–H and O–H groups in total. The molecule has 17 nitrogen and oxygen atoms in total. The molecule has 1 saturated carbocycles. The van der Waals surface area contributed by atoms with E-state index in [2.05, 4.69) is 31.1 Å². The highest BCUT2D eigenvalue weighted by molar-refractivity contribution is 6.25. The summed E-state index contributed by atoms with van der Waals surface area (Å²) in [6, 6.07) is 8.05. The van der Waals surface area contributed by atoms with Crippen LogP contribution in [-0.2, 0) is 14.4 Å². The number of aromatic amines is 1. The highest BCUT2D eigenvalue weighted by atomic mass is 19.1. The van der Waals surface area contributed by atoms with Crippen molar-refractivity contribution in [2.45, 2.75) is 50.5 Å². The fourth-order valence-electron chi connectivity index (χ4n) is 7.77. The number of fused-ring (bicyclic) bond motifs is 2. The first-order chi connectivity index (χ1) is 28.1. The summed E-state index contributed by atoms with van der Waals surface area (Å²) in [6.45, 7) is 1.55. The molecule has 0 bridgehead atoms. The lowest BCUT2D eigenvalue weighted by molar-refractivity contribution is -0.136. The molecule has 0 radical (unpaired) electrons. The lowest BCUT2D eigenvalue weighted by atomic mass is 10.0. The topological polar surface area (TPSA) is 207 Å². The second kappa shape index (κ2) is 14.8. The standard InChI is InChI=1S/C40H38FN11O6/c41-26-17-23(8-9-27(26)46-35-36-43-20-31(24-18-44-45-19-24)51(36)21-29(47-35)22-6-7-22)38(56)50-15-13-49(14-16-50)33(54)5-2-12-42-28-4-1-3-25-34(28)40(58)52(39(25)57)30-10-11-32(53)48-37(30)55/h1,3-4,8-9,17-22,30,42H,2,5-7,10-16H2,(H,44,45)(H,46,47)(H,48,53,55). The van der Waals surface area contributed by atoms with Crippen molar-refractivity contribution in [3.63, 3.8) is 0 Å². The second-order valence-corrected chi connectivity index (χ2v) is 14.8. The van der Waals surface area contributed by atoms with Crippen molar-refractivity contribution in [3.05, 3.63) is 89.4 Å². The lowest BCUT2D eigenvalue weighted by Gasteiger charge is -2.35. The minimum atomic E-state index is -1.06. The van der Waals surface area contributed by atoms with E-state index in [1.54, 1.807) is 46.6 Å². The summed E-state index contributed by atoms with van der Waals surface area (Å²) in [6.07, 6.45) is 9.95. The molecule has 1 atom stereocenters. The van der Waals surface area contributed by atoms with E-state index in [0.29, 0.717) is 49.1 Å². The van der Waals surface area contributed by atoms with E-state index >= 15 is 4.39 Å². The number of piperidine rings is 1. The third kappa shape index (κ3) is 6.79. The summed E-state index contributed by atoms with van der Waals surface area (Å²) in [4.78, 5) is 90.6. The maximum Gasteiger partial charge on any atom is 0.264 e. The Labute approximate surface area is 330 Å². The first kappa shape index (κ1) is 36.6. The van der Waals surface area contributed by atoms with Gasteiger partial charge in [0, 0.05) is 80.7 Å². The first-order valence-corrected chi connectivity index (χ1v) is 19.2. The molecule has 58 heavy (non-hydrogen) atoms. The van der Waals surface area contributed by atoms with Crippen LogP contribution in [-0.4, -0.2) is 113 Å². The van der Waals surface area contributed by atoms with Gasteiger partial charge in [-0.3, -0.25) is 48.5 Å². The minimum absolute atomic E-state index is 0.0290. The summed E-state index contributed by atoms with van der Waals surface area (Å²) >= 11 is 0. The number of imide groups is 2. The van der Waals surface area contributed by atoms with Crippen LogP contribution in [0.4, 0.5) is 21.6 Å². The molecule has 3 aliphatic heterocycles. The molecule has 2 saturated heterocycles. The summed E-state index contributed by atoms with van der Waals surface area (Å²) < 4.78 is 17.5. The SMILES string of the molecule is O=C1CCC(N2C(=O)c3cccc(NCCCC(=O)N4CCN(C(=O)c5ccc(Nc6nc(C7CC7)cn7c(-c8cn[nH]c8)cnc67)c(F)c5)CC4)c3C2=O)C(=O)N1. The van der Waals surface area contributed by atoms with E-state index < -0.39 is 35.5 Å². The number of hydrogen-bond donors (Lipinski definition) is 4. The largest absolute Gasteiger partial charge is 0.384 e. The van der Waals surface area contributed by atoms with E-state index in [1.165, 1.54) is 18.2 Å². The molecular formula is C40H38FN11O6. The van der Waals surface area contributed by atoms with Crippen LogP contribution in [0.5, 0.6) is 0 Å². The smallest absolute Gasteiger partial charge is 0.264 e. The highest BCUT2D eigenvalue weighted by Gasteiger charge is 2.45. The van der Waals surface area contributed by atoms with Crippen molar-refractivity contribution in [1.82, 2.24) is 44.6 Å². The number of anilines is 3. The molecule has 6 amide bonds. The van der Waals surface area contributed by atoms with E-state index in [0.717, 1.165) is 34.7 Å². The number of nitrogens with one attached hydrogen (secondary N) is 4. The van der Waals surface area contributed by atoms with Crippen LogP contribution >= 0.6 is 0 Å². The third-order valence-corrected chi connectivity index (χ3v) is 11.0. The molecule has 5 aromatic rings. The van der Waals surface area contributed by atoms with E-state index in [4.69, 9.17) is 4.98 Å². The van der Waals surface area contributed by atoms with Crippen LogP contribution in [0.3, 0.4) is 0 Å². The zero-order valence-electron chi connectivity index (χ0n) is 31.2. The lowest BCUT2D eigenvalue weighted by Crippen LogP contribution is -2.54. The number of halogens is 1. The number of benzene rings is 2. The molecule has 1 unspecified atom stereocenters. The Kier molecular flexibility index (Phi) is 9.37. The van der Waals surface area contributed by atoms with Gasteiger partial charge in [0.15, 0.2) is 11.5 Å². The van der Waals surface area contributed by atoms with Gasteiger partial charge in [0.05, 0.1) is 40.6 Å². The summed E-state index contributed by atoms with van der Waals surface area (Å²) in [5.41, 5.74) is 4.17. The summed E-state index contributed by atoms with van der Waals surface area (Å²) in [7, 11) is 0. The quantitative estimate of drug-likeness (QED) is 0.113. The number of imidazole rings is 1. The Hall–Kier alpha value is -6.98. The van der Waals surface area contributed by atoms with Crippen molar-refractivity contribution in [2.24, 2.45) is 0 Å². The highest BCUT2D eigenvalue weighted by Crippen LogP contribution is 2.41. The monoisotopic (exact) mass is 787 g/mol. The second-order valence-electron chi connectivity index (χ2n) is 14.8. The van der Waals surface area contributed by atoms with Gasteiger partial charge in [-0.15, -0.1) is 0 Å². The maximum absolute atomic E-state index is 15.6. The molecule has 1 aliphatic carbocycles. The molecule has 6 heterocycles. The van der Waals surface area contributed by atoms with Crippen LogP contribution < -0.4 is 16.0 Å². The van der Waals surface area contributed by atoms with Gasteiger partial charge >= 0.3 is 0 Å². The summed E-state index contributed by atoms with van der Waals surface area (Å²) in [5, 5.41) is 15.3. The first-order valence-electron chi connectivity index (χ1n) is 19.2. The zero-order valence-corrected chi connectivity index (χ0v) is 31.2. The number of hydrogen-bond acceptors (Lipinski definition) is 11. The molecular weight excluding hydrogens is 750 g/mol. The molecule has 0 spiro atoms. The third-order valence-electron chi connectivity index (χ3n) is 11.0. The van der Waals surface area contributed by atoms with Crippen LogP contribution in [0.25, 0.3) is 16.9 Å². The number of aromatic nitrogens is 5. The molecule has 4 aliphatic rings. The molecule has 3 aromatic heterocycles. The van der Waals surface area contributed by atoms with Crippen molar-refractivity contribution in [1.29, 1.82) is 0 Å². The van der Waals surface area contributed by atoms with Gasteiger partial charge in [-0.05, 0) is 56.0 Å². The van der Waals surface area contributed by atoms with Gasteiger partial charge < -0.3 is 20.4 Å². The fraction of sp³-hybridized carbons (Fsp3) is 0.325. The number of amides is 6. The van der Waals surface area contributed by atoms with Crippen molar-refractivity contribution in [3.8, 4) is 11.3 Å². The minimum Gasteiger partial charge on any atom is -0.384 e. The fourth-order valence-corrected chi connectivity index (χ4v) is 7.77. The van der Waals surface area contributed by atoms with Crippen LogP contribution in [0, 0.1) is 5.82 Å². The number of rotatable bonds is 11. The molecule has 9 rings (SSSR count). The Balaban J connectivity index is 0.775. The van der Waals surface area contributed by atoms with Gasteiger partial charge in [-0.1, -0.05) is 6.07 Å². The number of nitrogens with zero attached hydrogens (tertiary/aromatic N) is 7. The normalized spacial score (nSPS) is 18.2. The predicted molar refractivity (Wildman–Crippen MR) is 206 cm³/mol. The van der Waals surface area contributed by atoms with Gasteiger partial charge in [-0.2, -0.15) is 5.10 Å². The van der Waals surface area contributed by atoms with E-state index in [9.17, 15) is 28.8 Å². The number of piperazine rings is 1. The van der Waals surface area contributed by atoms with Gasteiger partial charge in [0.1, 0.15) is 11.9 Å². The predicted octanol–water partition coefficient (Wildman–Crippen LogP) is 3.46. The van der Waals surface area contributed by atoms with Crippen molar-refractivity contribution >= 4 is 58.3 Å². The number of H-pyrrole nitrogens is 1. The Bertz CT molecular complexity index is 2510. The maximum atomic E-state index is 15.6. The zero-order chi connectivity index (χ0) is 40.1. The van der Waals surface area contributed by atoms with E-state index in [1.807, 2.05) is 10.6 Å². The van der Waals surface area contributed by atoms with E-state index in [-0.39, 0.29) is 66.5 Å². The van der Waals surface area contributed by atoms with Gasteiger partial charge in [0.2, 0.25) is 17.7 Å². The molecule has 3 fully saturated rings. The Morgan fingerprint density at radius 3 is 2.48 bits per heavy atom. The Morgan fingerprint density at radius 1 is 0.931 bits per heavy atom. The van der Waals surface area contributed by atoms with Crippen LogP contribution in [0.15, 0.2) is 61.2 Å². The Morgan fingerprint density at radius 2 is 1.74 bits per heavy atom. The molecule has 296 valence electrons. The van der Waals surface area contributed by atoms with Crippen LogP contribution in [0.1, 0.15) is 81.2 Å². The summed E-state index contributed by atoms with van der Waals surface area (Å²) in [5.74, 6) is -2.64. The van der Waals surface area contributed by atoms with Crippen molar-refractivity contribution < 1.29 is 33.2 Å². The average Bonchev–Trinajstić information content (AvgIpc) is 3.65.